The van der Waals surface area contributed by atoms with Crippen LogP contribution in [0.2, 0.25) is 0 Å². The van der Waals surface area contributed by atoms with Crippen LogP contribution >= 0.6 is 0 Å². The first kappa shape index (κ1) is 22.5. The fourth-order valence-corrected chi connectivity index (χ4v) is 4.25. The van der Waals surface area contributed by atoms with Crippen molar-refractivity contribution in [3.63, 3.8) is 0 Å². The smallest absolute Gasteiger partial charge is 0.316 e. The molecule has 4 aromatic rings. The molecule has 3 aromatic heterocycles. The SMILES string of the molecule is COc1ncc2c(N3CC(C)NC(C)C3)ccc(C)c2n1.O=CNc1cccn2ccnc12. The highest BCUT2D eigenvalue weighted by molar-refractivity contribution is 5.93. The number of methoxy groups -OCH3 is 1. The molecule has 1 fully saturated rings. The summed E-state index contributed by atoms with van der Waals surface area (Å²) in [5, 5.41) is 7.23. The number of pyridine rings is 1. The van der Waals surface area contributed by atoms with Gasteiger partial charge in [-0.15, -0.1) is 0 Å². The van der Waals surface area contributed by atoms with Crippen molar-refractivity contribution in [2.45, 2.75) is 32.9 Å². The number of hydrogen-bond donors (Lipinski definition) is 2. The van der Waals surface area contributed by atoms with E-state index in [0.29, 0.717) is 24.5 Å². The lowest BCUT2D eigenvalue weighted by atomic mass is 10.1. The zero-order chi connectivity index (χ0) is 23.4. The predicted molar refractivity (Wildman–Crippen MR) is 130 cm³/mol. The van der Waals surface area contributed by atoms with Crippen LogP contribution in [0, 0.1) is 6.92 Å². The summed E-state index contributed by atoms with van der Waals surface area (Å²) < 4.78 is 6.99. The first-order valence-electron chi connectivity index (χ1n) is 10.9. The van der Waals surface area contributed by atoms with Crippen LogP contribution < -0.4 is 20.3 Å². The van der Waals surface area contributed by atoms with Crippen LogP contribution in [0.4, 0.5) is 11.4 Å². The van der Waals surface area contributed by atoms with Crippen molar-refractivity contribution in [2.75, 3.05) is 30.4 Å². The molecule has 9 nitrogen and oxygen atoms in total. The molecule has 4 heterocycles. The number of carbonyl (C=O) groups is 1. The molecule has 2 unspecified atom stereocenters. The molecular formula is C24H29N7O2. The summed E-state index contributed by atoms with van der Waals surface area (Å²) in [6.45, 7) is 8.50. The van der Waals surface area contributed by atoms with Gasteiger partial charge >= 0.3 is 6.01 Å². The van der Waals surface area contributed by atoms with Crippen LogP contribution in [0.5, 0.6) is 6.01 Å². The minimum Gasteiger partial charge on any atom is -0.467 e. The summed E-state index contributed by atoms with van der Waals surface area (Å²) in [5.74, 6) is 0. The summed E-state index contributed by atoms with van der Waals surface area (Å²) in [4.78, 5) is 25.5. The molecule has 0 saturated carbocycles. The van der Waals surface area contributed by atoms with Crippen LogP contribution in [-0.4, -0.2) is 58.0 Å². The van der Waals surface area contributed by atoms with Crippen molar-refractivity contribution in [3.8, 4) is 6.01 Å². The molecule has 5 rings (SSSR count). The van der Waals surface area contributed by atoms with Gasteiger partial charge in [-0.05, 0) is 44.5 Å². The minimum atomic E-state index is 0.421. The fourth-order valence-electron chi connectivity index (χ4n) is 4.25. The Balaban J connectivity index is 0.000000183. The van der Waals surface area contributed by atoms with Crippen LogP contribution in [0.3, 0.4) is 0 Å². The van der Waals surface area contributed by atoms with Crippen molar-refractivity contribution in [1.29, 1.82) is 0 Å². The van der Waals surface area contributed by atoms with E-state index in [1.165, 1.54) is 5.69 Å². The Kier molecular flexibility index (Phi) is 6.69. The number of amides is 1. The molecule has 2 N–H and O–H groups in total. The van der Waals surface area contributed by atoms with Crippen molar-refractivity contribution in [1.82, 2.24) is 24.7 Å². The Morgan fingerprint density at radius 2 is 1.94 bits per heavy atom. The molecule has 1 amide bonds. The highest BCUT2D eigenvalue weighted by atomic mass is 16.5. The number of nitrogens with zero attached hydrogens (tertiary/aromatic N) is 5. The number of anilines is 2. The van der Waals surface area contributed by atoms with Crippen LogP contribution in [0.1, 0.15) is 19.4 Å². The molecule has 172 valence electrons. The highest BCUT2D eigenvalue weighted by Crippen LogP contribution is 2.30. The van der Waals surface area contributed by atoms with E-state index < -0.39 is 0 Å². The fraction of sp³-hybridized carbons (Fsp3) is 0.333. The summed E-state index contributed by atoms with van der Waals surface area (Å²) in [6.07, 6.45) is 7.90. The van der Waals surface area contributed by atoms with Gasteiger partial charge in [0.05, 0.1) is 18.3 Å². The number of aryl methyl sites for hydroxylation is 1. The predicted octanol–water partition coefficient (Wildman–Crippen LogP) is 3.04. The quantitative estimate of drug-likeness (QED) is 0.464. The molecule has 0 spiro atoms. The average molecular weight is 448 g/mol. The molecule has 0 bridgehead atoms. The Morgan fingerprint density at radius 1 is 1.15 bits per heavy atom. The number of aromatic nitrogens is 4. The van der Waals surface area contributed by atoms with Gasteiger partial charge in [-0.2, -0.15) is 4.98 Å². The van der Waals surface area contributed by atoms with Gasteiger partial charge in [0.15, 0.2) is 5.65 Å². The van der Waals surface area contributed by atoms with Gasteiger partial charge in [0.25, 0.3) is 0 Å². The van der Waals surface area contributed by atoms with E-state index in [1.54, 1.807) is 19.4 Å². The number of benzene rings is 1. The number of nitrogens with one attached hydrogen (secondary N) is 2. The van der Waals surface area contributed by atoms with Crippen LogP contribution in [0.25, 0.3) is 16.6 Å². The van der Waals surface area contributed by atoms with Crippen molar-refractivity contribution in [3.05, 3.63) is 54.6 Å². The number of carbonyl (C=O) groups excluding carboxylic acids is 1. The molecule has 2 atom stereocenters. The second kappa shape index (κ2) is 9.83. The molecule has 1 aromatic carbocycles. The molecule has 33 heavy (non-hydrogen) atoms. The van der Waals surface area contributed by atoms with Gasteiger partial charge in [0, 0.05) is 61.0 Å². The van der Waals surface area contributed by atoms with Gasteiger partial charge < -0.3 is 24.7 Å². The van der Waals surface area contributed by atoms with E-state index in [1.807, 2.05) is 29.1 Å². The molecular weight excluding hydrogens is 418 g/mol. The first-order valence-corrected chi connectivity index (χ1v) is 10.9. The van der Waals surface area contributed by atoms with Gasteiger partial charge in [0.2, 0.25) is 6.41 Å². The van der Waals surface area contributed by atoms with E-state index in [9.17, 15) is 4.79 Å². The Bertz CT molecular complexity index is 1250. The minimum absolute atomic E-state index is 0.421. The lowest BCUT2D eigenvalue weighted by molar-refractivity contribution is -0.105. The molecule has 0 aliphatic carbocycles. The second-order valence-corrected chi connectivity index (χ2v) is 8.24. The average Bonchev–Trinajstić information content (AvgIpc) is 3.29. The van der Waals surface area contributed by atoms with Gasteiger partial charge in [-0.1, -0.05) is 6.07 Å². The normalized spacial score (nSPS) is 18.0. The number of rotatable bonds is 4. The topological polar surface area (TPSA) is 96.7 Å². The van der Waals surface area contributed by atoms with E-state index >= 15 is 0 Å². The largest absolute Gasteiger partial charge is 0.467 e. The molecule has 1 aliphatic heterocycles. The Morgan fingerprint density at radius 3 is 2.67 bits per heavy atom. The maximum absolute atomic E-state index is 10.2. The van der Waals surface area contributed by atoms with Crippen molar-refractivity contribution >= 4 is 34.3 Å². The van der Waals surface area contributed by atoms with E-state index in [0.717, 1.165) is 40.9 Å². The number of ether oxygens (including phenoxy) is 1. The van der Waals surface area contributed by atoms with E-state index in [2.05, 4.69) is 63.4 Å². The highest BCUT2D eigenvalue weighted by Gasteiger charge is 2.23. The standard InChI is InChI=1S/C16H22N4O.C8H7N3O/c1-10-5-6-14(20-8-11(2)18-12(3)9-20)13-7-17-16(21-4)19-15(10)13;12-6-10-7-2-1-4-11-5-3-9-8(7)11/h5-7,11-12,18H,8-9H2,1-4H3;1-6H,(H,10,12). The van der Waals surface area contributed by atoms with Gasteiger partial charge in [-0.3, -0.25) is 4.79 Å². The lowest BCUT2D eigenvalue weighted by Crippen LogP contribution is -2.54. The second-order valence-electron chi connectivity index (χ2n) is 8.24. The van der Waals surface area contributed by atoms with Crippen molar-refractivity contribution in [2.24, 2.45) is 0 Å². The first-order chi connectivity index (χ1) is 16.0. The van der Waals surface area contributed by atoms with Crippen LogP contribution in [0.15, 0.2) is 49.1 Å². The van der Waals surface area contributed by atoms with E-state index in [4.69, 9.17) is 4.74 Å². The number of piperazine rings is 1. The third kappa shape index (κ3) is 4.88. The lowest BCUT2D eigenvalue weighted by Gasteiger charge is -2.38. The third-order valence-electron chi connectivity index (χ3n) is 5.62. The zero-order valence-electron chi connectivity index (χ0n) is 19.3. The van der Waals surface area contributed by atoms with Crippen molar-refractivity contribution < 1.29 is 9.53 Å². The summed E-state index contributed by atoms with van der Waals surface area (Å²) in [5.41, 5.74) is 4.80. The molecule has 1 saturated heterocycles. The number of imidazole rings is 1. The van der Waals surface area contributed by atoms with Gasteiger partial charge in [-0.25, -0.2) is 9.97 Å². The molecule has 9 heteroatoms. The molecule has 0 radical (unpaired) electrons. The zero-order valence-corrected chi connectivity index (χ0v) is 19.3. The molecule has 1 aliphatic rings. The monoisotopic (exact) mass is 447 g/mol. The maximum atomic E-state index is 10.2. The summed E-state index contributed by atoms with van der Waals surface area (Å²) in [7, 11) is 1.60. The third-order valence-corrected chi connectivity index (χ3v) is 5.62. The Labute approximate surface area is 192 Å². The summed E-state index contributed by atoms with van der Waals surface area (Å²) in [6, 6.07) is 9.33. The van der Waals surface area contributed by atoms with Gasteiger partial charge in [0.1, 0.15) is 0 Å². The van der Waals surface area contributed by atoms with E-state index in [-0.39, 0.29) is 0 Å². The maximum Gasteiger partial charge on any atom is 0.316 e. The Hall–Kier alpha value is -3.72. The van der Waals surface area contributed by atoms with Crippen LogP contribution in [-0.2, 0) is 4.79 Å². The number of fused-ring (bicyclic) bond motifs is 2. The summed E-state index contributed by atoms with van der Waals surface area (Å²) >= 11 is 0. The number of hydrogen-bond acceptors (Lipinski definition) is 7.